The molecule has 0 bridgehead atoms. The van der Waals surface area contributed by atoms with Crippen molar-refractivity contribution in [2.45, 2.75) is 128 Å². The second-order valence-corrected chi connectivity index (χ2v) is 14.9. The number of aliphatic hydroxyl groups excluding tert-OH is 1. The van der Waals surface area contributed by atoms with Gasteiger partial charge in [-0.3, -0.25) is 14.4 Å². The lowest BCUT2D eigenvalue weighted by molar-refractivity contribution is -0.298. The summed E-state index contributed by atoms with van der Waals surface area (Å²) in [7, 11) is 9.36. The largest absolute Gasteiger partial charge is 0.458 e. The van der Waals surface area contributed by atoms with Crippen LogP contribution in [0.1, 0.15) is 74.1 Å². The maximum absolute atomic E-state index is 14.1. The minimum Gasteiger partial charge on any atom is -0.458 e. The lowest BCUT2D eigenvalue weighted by atomic mass is 9.78. The third kappa shape index (κ3) is 8.48. The summed E-state index contributed by atoms with van der Waals surface area (Å²) in [6, 6.07) is -0.358. The van der Waals surface area contributed by atoms with E-state index in [1.807, 2.05) is 65.7 Å². The number of ether oxygens (including phenoxy) is 5. The highest BCUT2D eigenvalue weighted by Crippen LogP contribution is 2.42. The number of likely N-dealkylation sites (N-methyl/N-ethyl adjacent to an activating group) is 2. The molecule has 0 saturated carbocycles. The monoisotopic (exact) mass is 655 g/mol. The Hall–Kier alpha value is -1.67. The predicted octanol–water partition coefficient (Wildman–Crippen LogP) is 2.25. The quantitative estimate of drug-likeness (QED) is 0.308. The van der Waals surface area contributed by atoms with Gasteiger partial charge in [-0.05, 0) is 87.6 Å². The summed E-state index contributed by atoms with van der Waals surface area (Å²) >= 11 is 0. The Morgan fingerprint density at radius 3 is 2.28 bits per heavy atom. The lowest BCUT2D eigenvalue weighted by Gasteiger charge is -2.47. The van der Waals surface area contributed by atoms with Gasteiger partial charge < -0.3 is 43.9 Å². The van der Waals surface area contributed by atoms with E-state index in [1.54, 1.807) is 21.0 Å². The van der Waals surface area contributed by atoms with Crippen molar-refractivity contribution in [1.29, 1.82) is 0 Å². The Labute approximate surface area is 276 Å². The van der Waals surface area contributed by atoms with Crippen molar-refractivity contribution in [3.63, 3.8) is 0 Å². The van der Waals surface area contributed by atoms with Crippen LogP contribution in [-0.4, -0.2) is 135 Å². The van der Waals surface area contributed by atoms with Crippen molar-refractivity contribution in [3.8, 4) is 0 Å². The number of nitrogens with zero attached hydrogens (tertiary/aromatic N) is 2. The number of carbonyl (C=O) groups excluding carboxylic acids is 3. The Bertz CT molecular complexity index is 1060. The van der Waals surface area contributed by atoms with Gasteiger partial charge in [-0.1, -0.05) is 20.8 Å². The van der Waals surface area contributed by atoms with Crippen molar-refractivity contribution < 1.29 is 43.2 Å². The molecule has 0 aromatic carbocycles. The van der Waals surface area contributed by atoms with Crippen molar-refractivity contribution in [2.24, 2.45) is 23.7 Å². The van der Waals surface area contributed by atoms with E-state index >= 15 is 0 Å². The average Bonchev–Trinajstić information content (AvgIpc) is 3.30. The van der Waals surface area contributed by atoms with E-state index in [9.17, 15) is 19.5 Å². The van der Waals surface area contributed by atoms with Gasteiger partial charge in [0.25, 0.3) is 0 Å². The summed E-state index contributed by atoms with van der Waals surface area (Å²) in [5.74, 6) is -3.51. The predicted molar refractivity (Wildman–Crippen MR) is 173 cm³/mol. The maximum atomic E-state index is 14.1. The molecule has 13 atom stereocenters. The third-order valence-corrected chi connectivity index (χ3v) is 10.6. The van der Waals surface area contributed by atoms with E-state index in [-0.39, 0.29) is 48.2 Å². The Morgan fingerprint density at radius 2 is 1.72 bits per heavy atom. The van der Waals surface area contributed by atoms with Crippen LogP contribution in [0.15, 0.2) is 0 Å². The first-order valence-corrected chi connectivity index (χ1v) is 16.9. The highest BCUT2D eigenvalue weighted by molar-refractivity contribution is 6.00. The number of fused-ring (bicyclic) bond motifs is 1. The molecule has 12 heteroatoms. The number of cyclic esters (lactones) is 1. The number of Topliss-reactive ketones (excluding diaryl/α,β-unsaturated/α-hetero) is 1. The van der Waals surface area contributed by atoms with E-state index in [2.05, 4.69) is 12.2 Å². The molecule has 3 aliphatic heterocycles. The van der Waals surface area contributed by atoms with Crippen molar-refractivity contribution in [2.75, 3.05) is 48.4 Å². The molecule has 12 nitrogen and oxygen atoms in total. The minimum atomic E-state index is -1.12. The zero-order valence-corrected chi connectivity index (χ0v) is 30.2. The number of nitrogens with one attached hydrogen (secondary N) is 1. The SMILES string of the molecule is CC[C@H]1OC(=O)C(C)C(=O)[C@H](C)[C@@H](OC2OC(CN(C)C)CC(N(C)C)C2O)[C@](C)(OC)C[C@@H](C)CN[C@H](C)[C@H]2CC(=O)O[C@@]21C. The lowest BCUT2D eigenvalue weighted by Crippen LogP contribution is -2.60. The summed E-state index contributed by atoms with van der Waals surface area (Å²) in [4.78, 5) is 44.4. The molecule has 0 radical (unpaired) electrons. The highest BCUT2D eigenvalue weighted by atomic mass is 16.7. The van der Waals surface area contributed by atoms with E-state index in [0.717, 1.165) is 0 Å². The number of hydrogen-bond acceptors (Lipinski definition) is 12. The summed E-state index contributed by atoms with van der Waals surface area (Å²) < 4.78 is 31.1. The van der Waals surface area contributed by atoms with Crippen LogP contribution < -0.4 is 5.32 Å². The molecule has 3 fully saturated rings. The summed E-state index contributed by atoms with van der Waals surface area (Å²) in [6.07, 6.45) is -2.09. The van der Waals surface area contributed by atoms with Crippen LogP contribution in [0.5, 0.6) is 0 Å². The number of esters is 2. The van der Waals surface area contributed by atoms with Gasteiger partial charge in [-0.2, -0.15) is 0 Å². The maximum Gasteiger partial charge on any atom is 0.316 e. The highest BCUT2D eigenvalue weighted by Gasteiger charge is 2.55. The van der Waals surface area contributed by atoms with E-state index in [1.165, 1.54) is 0 Å². The molecule has 46 heavy (non-hydrogen) atoms. The molecule has 2 N–H and O–H groups in total. The third-order valence-electron chi connectivity index (χ3n) is 10.6. The average molecular weight is 656 g/mol. The molecule has 5 unspecified atom stereocenters. The number of ketones is 1. The van der Waals surface area contributed by atoms with Gasteiger partial charge >= 0.3 is 11.9 Å². The fourth-order valence-electron chi connectivity index (χ4n) is 7.84. The Morgan fingerprint density at radius 1 is 1.07 bits per heavy atom. The number of rotatable bonds is 7. The van der Waals surface area contributed by atoms with Gasteiger partial charge in [0, 0.05) is 37.6 Å². The molecule has 3 rings (SSSR count). The second-order valence-electron chi connectivity index (χ2n) is 14.9. The van der Waals surface area contributed by atoms with Gasteiger partial charge in [0.1, 0.15) is 18.1 Å². The van der Waals surface area contributed by atoms with Crippen molar-refractivity contribution in [3.05, 3.63) is 0 Å². The van der Waals surface area contributed by atoms with Crippen LogP contribution in [0.4, 0.5) is 0 Å². The zero-order valence-electron chi connectivity index (χ0n) is 30.2. The standard InChI is InChI=1S/C34H61N3O9/c1-13-26-34(7)24(15-27(38)46-34)22(5)35-17-19(2)16-33(6,42-12)30(20(3)28(39)21(4)31(41)44-26)45-32-29(40)25(37(10)11)14-23(43-32)18-36(8)9/h19-26,29-30,32,35,40H,13-18H2,1-12H3/t19-,20+,21?,22-,23?,24-,25?,26-,29?,30-,32?,33-,34+/m1/s1. The van der Waals surface area contributed by atoms with Crippen molar-refractivity contribution in [1.82, 2.24) is 15.1 Å². The van der Waals surface area contributed by atoms with Crippen LogP contribution in [0, 0.1) is 23.7 Å². The second kappa shape index (κ2) is 15.7. The fraction of sp³-hybridized carbons (Fsp3) is 0.912. The van der Waals surface area contributed by atoms with Gasteiger partial charge in [-0.25, -0.2) is 0 Å². The molecule has 0 aromatic heterocycles. The Kier molecular flexibility index (Phi) is 13.2. The summed E-state index contributed by atoms with van der Waals surface area (Å²) in [5, 5.41) is 15.1. The number of hydrogen-bond donors (Lipinski definition) is 2. The minimum absolute atomic E-state index is 0.0562. The first kappa shape index (κ1) is 38.8. The molecule has 3 saturated heterocycles. The van der Waals surface area contributed by atoms with Crippen LogP contribution in [0.3, 0.4) is 0 Å². The molecule has 0 amide bonds. The molecule has 0 aliphatic carbocycles. The fourth-order valence-corrected chi connectivity index (χ4v) is 7.84. The van der Waals surface area contributed by atoms with Crippen LogP contribution >= 0.6 is 0 Å². The van der Waals surface area contributed by atoms with Gasteiger partial charge in [0.15, 0.2) is 17.7 Å². The number of carbonyl (C=O) groups is 3. The normalized spacial score (nSPS) is 43.5. The molecule has 0 spiro atoms. The van der Waals surface area contributed by atoms with E-state index in [0.29, 0.717) is 32.4 Å². The molecular weight excluding hydrogens is 594 g/mol. The molecule has 3 aliphatic rings. The Balaban J connectivity index is 2.03. The first-order chi connectivity index (χ1) is 21.4. The molecular formula is C34H61N3O9. The summed E-state index contributed by atoms with van der Waals surface area (Å²) in [6.45, 7) is 14.2. The van der Waals surface area contributed by atoms with Crippen LogP contribution in [0.2, 0.25) is 0 Å². The van der Waals surface area contributed by atoms with Crippen molar-refractivity contribution >= 4 is 17.7 Å². The number of methoxy groups -OCH3 is 1. The molecule has 0 aromatic rings. The van der Waals surface area contributed by atoms with Crippen LogP contribution in [-0.2, 0) is 38.1 Å². The molecule has 266 valence electrons. The smallest absolute Gasteiger partial charge is 0.316 e. The van der Waals surface area contributed by atoms with Crippen LogP contribution in [0.25, 0.3) is 0 Å². The van der Waals surface area contributed by atoms with E-state index in [4.69, 9.17) is 23.7 Å². The number of aliphatic hydroxyl groups is 1. The molecule has 3 heterocycles. The van der Waals surface area contributed by atoms with E-state index < -0.39 is 53.6 Å². The van der Waals surface area contributed by atoms with Gasteiger partial charge in [0.2, 0.25) is 0 Å². The van der Waals surface area contributed by atoms with Gasteiger partial charge in [-0.15, -0.1) is 0 Å². The summed E-state index contributed by atoms with van der Waals surface area (Å²) in [5.41, 5.74) is -2.04. The van der Waals surface area contributed by atoms with Gasteiger partial charge in [0.05, 0.1) is 24.2 Å². The topological polar surface area (TPSA) is 136 Å². The first-order valence-electron chi connectivity index (χ1n) is 16.9. The zero-order chi connectivity index (χ0) is 34.7.